The summed E-state index contributed by atoms with van der Waals surface area (Å²) in [5.41, 5.74) is 2.25. The van der Waals surface area contributed by atoms with Crippen molar-refractivity contribution in [1.82, 2.24) is 24.8 Å². The van der Waals surface area contributed by atoms with Crippen LogP contribution >= 0.6 is 0 Å². The SMILES string of the molecule is COC1=CC(=N)/C(=C\N2CCC(NC(=O)C3CC3)CC2)C=C1C(=O)Nc1cnn2cccnc12. The summed E-state index contributed by atoms with van der Waals surface area (Å²) < 4.78 is 6.97. The molecule has 1 saturated carbocycles. The summed E-state index contributed by atoms with van der Waals surface area (Å²) in [6, 6.07) is 1.96. The van der Waals surface area contributed by atoms with Gasteiger partial charge in [0.1, 0.15) is 11.4 Å². The number of fused-ring (bicyclic) bond motifs is 1. The van der Waals surface area contributed by atoms with Crippen molar-refractivity contribution in [2.45, 2.75) is 31.7 Å². The number of nitrogens with one attached hydrogen (secondary N) is 3. The summed E-state index contributed by atoms with van der Waals surface area (Å²) in [6.07, 6.45) is 13.8. The van der Waals surface area contributed by atoms with E-state index in [1.54, 1.807) is 41.3 Å². The van der Waals surface area contributed by atoms with Crippen molar-refractivity contribution in [2.24, 2.45) is 5.92 Å². The zero-order chi connectivity index (χ0) is 23.7. The molecular formula is C24H27N7O3. The average Bonchev–Trinajstić information content (AvgIpc) is 3.63. The highest BCUT2D eigenvalue weighted by Gasteiger charge is 2.31. The van der Waals surface area contributed by atoms with Gasteiger partial charge in [-0.1, -0.05) is 0 Å². The summed E-state index contributed by atoms with van der Waals surface area (Å²) in [5.74, 6) is 0.359. The number of ether oxygens (including phenoxy) is 1. The minimum atomic E-state index is -0.367. The third kappa shape index (κ3) is 4.57. The van der Waals surface area contributed by atoms with E-state index in [4.69, 9.17) is 10.1 Å². The van der Waals surface area contributed by atoms with Crippen LogP contribution in [0.3, 0.4) is 0 Å². The van der Waals surface area contributed by atoms with E-state index in [1.165, 1.54) is 7.11 Å². The van der Waals surface area contributed by atoms with Crippen molar-refractivity contribution >= 4 is 28.9 Å². The Hall–Kier alpha value is -3.95. The number of piperidine rings is 1. The Labute approximate surface area is 196 Å². The first-order valence-electron chi connectivity index (χ1n) is 11.4. The third-order valence-corrected chi connectivity index (χ3v) is 6.29. The molecule has 5 rings (SSSR count). The zero-order valence-electron chi connectivity index (χ0n) is 19.0. The van der Waals surface area contributed by atoms with Crippen molar-refractivity contribution in [1.29, 1.82) is 5.41 Å². The predicted molar refractivity (Wildman–Crippen MR) is 126 cm³/mol. The van der Waals surface area contributed by atoms with Gasteiger partial charge in [-0.15, -0.1) is 0 Å². The van der Waals surface area contributed by atoms with E-state index in [0.717, 1.165) is 38.8 Å². The quantitative estimate of drug-likeness (QED) is 0.605. The topological polar surface area (TPSA) is 125 Å². The van der Waals surface area contributed by atoms with Gasteiger partial charge in [-0.3, -0.25) is 9.59 Å². The molecule has 176 valence electrons. The number of hydrogen-bond acceptors (Lipinski definition) is 7. The largest absolute Gasteiger partial charge is 0.496 e. The van der Waals surface area contributed by atoms with Gasteiger partial charge in [-0.25, -0.2) is 9.50 Å². The van der Waals surface area contributed by atoms with Crippen LogP contribution in [0.2, 0.25) is 0 Å². The Balaban J connectivity index is 1.29. The lowest BCUT2D eigenvalue weighted by atomic mass is 9.97. The van der Waals surface area contributed by atoms with Gasteiger partial charge < -0.3 is 25.7 Å². The van der Waals surface area contributed by atoms with Gasteiger partial charge in [-0.2, -0.15) is 5.10 Å². The van der Waals surface area contributed by atoms with E-state index in [1.807, 2.05) is 6.20 Å². The summed E-state index contributed by atoms with van der Waals surface area (Å²) in [7, 11) is 1.48. The van der Waals surface area contributed by atoms with Gasteiger partial charge in [0.25, 0.3) is 5.91 Å². The smallest absolute Gasteiger partial charge is 0.259 e. The number of allylic oxidation sites excluding steroid dienone is 3. The Morgan fingerprint density at radius 1 is 1.21 bits per heavy atom. The molecule has 3 N–H and O–H groups in total. The van der Waals surface area contributed by atoms with E-state index >= 15 is 0 Å². The molecule has 2 aliphatic carbocycles. The van der Waals surface area contributed by atoms with Crippen LogP contribution in [0.4, 0.5) is 5.69 Å². The molecule has 34 heavy (non-hydrogen) atoms. The van der Waals surface area contributed by atoms with Crippen molar-refractivity contribution in [3.05, 3.63) is 59.9 Å². The molecule has 10 heteroatoms. The first-order valence-corrected chi connectivity index (χ1v) is 11.4. The molecule has 2 aromatic heterocycles. The van der Waals surface area contributed by atoms with E-state index in [-0.39, 0.29) is 29.5 Å². The Kier molecular flexibility index (Phi) is 5.87. The lowest BCUT2D eigenvalue weighted by Gasteiger charge is -2.32. The van der Waals surface area contributed by atoms with Gasteiger partial charge >= 0.3 is 0 Å². The lowest BCUT2D eigenvalue weighted by molar-refractivity contribution is -0.123. The highest BCUT2D eigenvalue weighted by atomic mass is 16.5. The normalized spacial score (nSPS) is 20.2. The van der Waals surface area contributed by atoms with Gasteiger partial charge in [0, 0.05) is 55.3 Å². The molecule has 1 saturated heterocycles. The van der Waals surface area contributed by atoms with Crippen LogP contribution in [0.5, 0.6) is 0 Å². The second-order valence-corrected chi connectivity index (χ2v) is 8.76. The standard InChI is InChI=1S/C24H27N7O3/c1-34-21-12-19(25)16(14-30-9-5-17(6-10-30)28-23(32)15-3-4-15)11-18(21)24(33)29-20-13-27-31-8-2-7-26-22(20)31/h2,7-8,11-15,17,25H,3-6,9-10H2,1H3,(H,28,32)(H,29,33)/b16-14-,25-19?. The summed E-state index contributed by atoms with van der Waals surface area (Å²) >= 11 is 0. The Morgan fingerprint density at radius 3 is 2.74 bits per heavy atom. The van der Waals surface area contributed by atoms with Crippen LogP contribution in [0, 0.1) is 11.3 Å². The maximum atomic E-state index is 13.1. The Morgan fingerprint density at radius 2 is 2.00 bits per heavy atom. The molecule has 0 aromatic carbocycles. The van der Waals surface area contributed by atoms with Crippen LogP contribution in [0.15, 0.2) is 59.9 Å². The summed E-state index contributed by atoms with van der Waals surface area (Å²) in [4.78, 5) is 31.5. The molecular weight excluding hydrogens is 434 g/mol. The fraction of sp³-hybridized carbons (Fsp3) is 0.375. The van der Waals surface area contributed by atoms with Crippen molar-refractivity contribution in [3.63, 3.8) is 0 Å². The van der Waals surface area contributed by atoms with Crippen molar-refractivity contribution < 1.29 is 14.3 Å². The van der Waals surface area contributed by atoms with Crippen LogP contribution in [0.1, 0.15) is 25.7 Å². The fourth-order valence-corrected chi connectivity index (χ4v) is 4.19. The number of carbonyl (C=O) groups excluding carboxylic acids is 2. The van der Waals surface area contributed by atoms with Crippen LogP contribution < -0.4 is 10.6 Å². The van der Waals surface area contributed by atoms with Crippen molar-refractivity contribution in [3.8, 4) is 0 Å². The van der Waals surface area contributed by atoms with Crippen LogP contribution in [-0.4, -0.2) is 63.3 Å². The van der Waals surface area contributed by atoms with Gasteiger partial charge in [0.05, 0.1) is 24.6 Å². The molecule has 1 aliphatic heterocycles. The monoisotopic (exact) mass is 461 g/mol. The number of anilines is 1. The molecule has 3 heterocycles. The maximum absolute atomic E-state index is 13.1. The molecule has 0 spiro atoms. The molecule has 3 aliphatic rings. The number of rotatable bonds is 6. The first-order chi connectivity index (χ1) is 16.5. The van der Waals surface area contributed by atoms with E-state index in [0.29, 0.717) is 28.2 Å². The number of likely N-dealkylation sites (tertiary alicyclic amines) is 1. The highest BCUT2D eigenvalue weighted by Crippen LogP contribution is 2.29. The second-order valence-electron chi connectivity index (χ2n) is 8.76. The van der Waals surface area contributed by atoms with Gasteiger partial charge in [-0.05, 0) is 37.8 Å². The maximum Gasteiger partial charge on any atom is 0.259 e. The van der Waals surface area contributed by atoms with Gasteiger partial charge in [0.15, 0.2) is 5.65 Å². The number of aromatic nitrogens is 3. The molecule has 0 atom stereocenters. The minimum Gasteiger partial charge on any atom is -0.496 e. The number of methoxy groups -OCH3 is 1. The van der Waals surface area contributed by atoms with E-state index in [2.05, 4.69) is 25.6 Å². The minimum absolute atomic E-state index is 0.183. The summed E-state index contributed by atoms with van der Waals surface area (Å²) in [5, 5.41) is 18.6. The Bertz CT molecular complexity index is 1230. The first kappa shape index (κ1) is 21.9. The molecule has 2 aromatic rings. The van der Waals surface area contributed by atoms with E-state index < -0.39 is 0 Å². The number of carbonyl (C=O) groups is 2. The molecule has 10 nitrogen and oxygen atoms in total. The van der Waals surface area contributed by atoms with Crippen LogP contribution in [0.25, 0.3) is 5.65 Å². The average molecular weight is 462 g/mol. The van der Waals surface area contributed by atoms with Gasteiger partial charge in [0.2, 0.25) is 5.91 Å². The third-order valence-electron chi connectivity index (χ3n) is 6.29. The van der Waals surface area contributed by atoms with Crippen LogP contribution in [-0.2, 0) is 14.3 Å². The molecule has 0 bridgehead atoms. The summed E-state index contributed by atoms with van der Waals surface area (Å²) in [6.45, 7) is 1.55. The molecule has 2 amide bonds. The number of amides is 2. The highest BCUT2D eigenvalue weighted by molar-refractivity contribution is 6.16. The fourth-order valence-electron chi connectivity index (χ4n) is 4.19. The zero-order valence-corrected chi connectivity index (χ0v) is 19.0. The predicted octanol–water partition coefficient (Wildman–Crippen LogP) is 2.03. The lowest BCUT2D eigenvalue weighted by Crippen LogP contribution is -2.43. The molecule has 2 fully saturated rings. The number of hydrogen-bond donors (Lipinski definition) is 3. The second kappa shape index (κ2) is 9.12. The molecule has 0 radical (unpaired) electrons. The van der Waals surface area contributed by atoms with Crippen molar-refractivity contribution in [2.75, 3.05) is 25.5 Å². The van der Waals surface area contributed by atoms with E-state index in [9.17, 15) is 9.59 Å². The molecule has 0 unspecified atom stereocenters. The number of nitrogens with zero attached hydrogens (tertiary/aromatic N) is 4.